The molecule has 0 N–H and O–H groups in total. The fraction of sp³-hybridized carbons (Fsp3) is 0.0526. The third kappa shape index (κ3) is 4.25. The van der Waals surface area contributed by atoms with Crippen molar-refractivity contribution in [2.24, 2.45) is 0 Å². The summed E-state index contributed by atoms with van der Waals surface area (Å²) in [4.78, 5) is 0. The van der Waals surface area contributed by atoms with Crippen LogP contribution in [0.1, 0.15) is 16.4 Å². The Labute approximate surface area is 175 Å². The van der Waals surface area contributed by atoms with E-state index in [-0.39, 0.29) is 21.2 Å². The molecule has 0 spiro atoms. The van der Waals surface area contributed by atoms with Crippen LogP contribution in [0.2, 0.25) is 10.0 Å². The van der Waals surface area contributed by atoms with Crippen molar-refractivity contribution in [2.45, 2.75) is 5.25 Å². The monoisotopic (exact) mass is 489 g/mol. The third-order valence-electron chi connectivity index (χ3n) is 3.98. The lowest BCUT2D eigenvalue weighted by Crippen LogP contribution is -2.12. The first kappa shape index (κ1) is 20.4. The molecule has 2 atom stereocenters. The molecule has 2 nitrogen and oxygen atoms in total. The van der Waals surface area contributed by atoms with Crippen molar-refractivity contribution in [2.75, 3.05) is 0 Å². The van der Waals surface area contributed by atoms with Gasteiger partial charge in [0.15, 0.2) is 0 Å². The molecule has 0 saturated heterocycles. The van der Waals surface area contributed by atoms with Gasteiger partial charge in [-0.3, -0.25) is 4.21 Å². The van der Waals surface area contributed by atoms with Crippen molar-refractivity contribution in [3.8, 4) is 11.1 Å². The molecule has 0 aliphatic carbocycles. The minimum absolute atomic E-state index is 0.0394. The molecule has 3 aromatic rings. The summed E-state index contributed by atoms with van der Waals surface area (Å²) in [7, 11) is 0. The van der Waals surface area contributed by atoms with Crippen LogP contribution in [-0.4, -0.2) is 8.76 Å². The minimum atomic E-state index is -2.80. The predicted octanol–water partition coefficient (Wildman–Crippen LogP) is 6.67. The molecule has 3 rings (SSSR count). The Morgan fingerprint density at radius 1 is 1.00 bits per heavy atom. The smallest absolute Gasteiger partial charge is 0.130 e. The summed E-state index contributed by atoms with van der Waals surface area (Å²) in [5.74, 6) is -1.81. The molecule has 0 heterocycles. The van der Waals surface area contributed by atoms with Crippen LogP contribution in [0.25, 0.3) is 11.1 Å². The van der Waals surface area contributed by atoms with Crippen LogP contribution in [0.5, 0.6) is 0 Å². The van der Waals surface area contributed by atoms with Crippen molar-refractivity contribution in [1.82, 2.24) is 0 Å². The molecule has 8 heteroatoms. The molecule has 0 bridgehead atoms. The first-order valence-electron chi connectivity index (χ1n) is 7.56. The number of benzene rings is 3. The van der Waals surface area contributed by atoms with E-state index in [1.54, 1.807) is 18.2 Å². The van der Waals surface area contributed by atoms with Gasteiger partial charge in [-0.2, -0.15) is 0 Å². The number of rotatable bonds is 4. The SMILES string of the molecule is O=S([O-])C(c1ccc(F)cc1F)c1c(Cl)ccc(-c2ccc(Br)cc2)c1Cl. The lowest BCUT2D eigenvalue weighted by atomic mass is 9.98. The molecule has 0 aromatic heterocycles. The Hall–Kier alpha value is -1.31. The Kier molecular flexibility index (Phi) is 6.33. The summed E-state index contributed by atoms with van der Waals surface area (Å²) in [6.07, 6.45) is 0. The molecule has 0 aliphatic heterocycles. The van der Waals surface area contributed by atoms with Gasteiger partial charge >= 0.3 is 0 Å². The maximum atomic E-state index is 14.3. The van der Waals surface area contributed by atoms with Crippen LogP contribution >= 0.6 is 39.1 Å². The summed E-state index contributed by atoms with van der Waals surface area (Å²) < 4.78 is 52.3. The molecular weight excluding hydrogens is 481 g/mol. The Bertz CT molecular complexity index is 1030. The van der Waals surface area contributed by atoms with Gasteiger partial charge in [-0.15, -0.1) is 0 Å². The molecule has 3 aromatic carbocycles. The molecule has 0 saturated carbocycles. The van der Waals surface area contributed by atoms with E-state index >= 15 is 0 Å². The zero-order valence-corrected chi connectivity index (χ0v) is 17.3. The van der Waals surface area contributed by atoms with E-state index < -0.39 is 28.0 Å². The van der Waals surface area contributed by atoms with Crippen molar-refractivity contribution >= 4 is 50.2 Å². The largest absolute Gasteiger partial charge is 0.772 e. The molecule has 140 valence electrons. The first-order valence-corrected chi connectivity index (χ1v) is 10.2. The van der Waals surface area contributed by atoms with Crippen LogP contribution < -0.4 is 0 Å². The van der Waals surface area contributed by atoms with E-state index in [0.29, 0.717) is 11.6 Å². The van der Waals surface area contributed by atoms with Crippen LogP contribution in [0.15, 0.2) is 59.1 Å². The zero-order chi connectivity index (χ0) is 19.7. The fourth-order valence-corrected chi connectivity index (χ4v) is 4.66. The van der Waals surface area contributed by atoms with E-state index in [1.165, 1.54) is 6.07 Å². The van der Waals surface area contributed by atoms with Crippen LogP contribution in [-0.2, 0) is 11.1 Å². The lowest BCUT2D eigenvalue weighted by molar-refractivity contribution is 0.523. The van der Waals surface area contributed by atoms with E-state index in [0.717, 1.165) is 22.2 Å². The minimum Gasteiger partial charge on any atom is -0.772 e. The van der Waals surface area contributed by atoms with Gasteiger partial charge in [-0.05, 0) is 40.9 Å². The van der Waals surface area contributed by atoms with Gasteiger partial charge < -0.3 is 4.55 Å². The maximum absolute atomic E-state index is 14.3. The normalized spacial score (nSPS) is 13.4. The fourth-order valence-electron chi connectivity index (χ4n) is 2.73. The van der Waals surface area contributed by atoms with Gasteiger partial charge in [0.1, 0.15) is 11.6 Å². The first-order chi connectivity index (χ1) is 12.8. The second kappa shape index (κ2) is 8.37. The van der Waals surface area contributed by atoms with Gasteiger partial charge in [0.05, 0.1) is 10.3 Å². The van der Waals surface area contributed by atoms with E-state index in [2.05, 4.69) is 15.9 Å². The highest BCUT2D eigenvalue weighted by Gasteiger charge is 2.26. The van der Waals surface area contributed by atoms with Crippen molar-refractivity contribution in [1.29, 1.82) is 0 Å². The molecule has 0 radical (unpaired) electrons. The summed E-state index contributed by atoms with van der Waals surface area (Å²) in [5.41, 5.74) is 1.08. The van der Waals surface area contributed by atoms with Gasteiger partial charge in [-0.1, -0.05) is 63.4 Å². The second-order valence-electron chi connectivity index (χ2n) is 5.64. The Balaban J connectivity index is 2.22. The number of hydrogen-bond donors (Lipinski definition) is 0. The van der Waals surface area contributed by atoms with Crippen LogP contribution in [0.3, 0.4) is 0 Å². The second-order valence-corrected chi connectivity index (χ2v) is 8.33. The topological polar surface area (TPSA) is 40.1 Å². The molecular formula is C19H10BrCl2F2O2S-. The molecule has 0 fully saturated rings. The predicted molar refractivity (Wildman–Crippen MR) is 107 cm³/mol. The van der Waals surface area contributed by atoms with Crippen LogP contribution in [0, 0.1) is 11.6 Å². The highest BCUT2D eigenvalue weighted by Crippen LogP contribution is 2.43. The van der Waals surface area contributed by atoms with Crippen molar-refractivity contribution in [3.05, 3.63) is 91.9 Å². The number of halogens is 5. The number of hydrogen-bond acceptors (Lipinski definition) is 2. The van der Waals surface area contributed by atoms with Crippen molar-refractivity contribution in [3.63, 3.8) is 0 Å². The Morgan fingerprint density at radius 3 is 2.26 bits per heavy atom. The summed E-state index contributed by atoms with van der Waals surface area (Å²) in [6, 6.07) is 13.0. The maximum Gasteiger partial charge on any atom is 0.130 e. The summed E-state index contributed by atoms with van der Waals surface area (Å²) in [6.45, 7) is 0. The van der Waals surface area contributed by atoms with Crippen molar-refractivity contribution < 1.29 is 17.5 Å². The average molecular weight is 491 g/mol. The van der Waals surface area contributed by atoms with Crippen LogP contribution in [0.4, 0.5) is 8.78 Å². The van der Waals surface area contributed by atoms with E-state index in [9.17, 15) is 17.5 Å². The average Bonchev–Trinajstić information content (AvgIpc) is 2.60. The molecule has 2 unspecified atom stereocenters. The van der Waals surface area contributed by atoms with E-state index in [4.69, 9.17) is 23.2 Å². The van der Waals surface area contributed by atoms with E-state index in [1.807, 2.05) is 12.1 Å². The lowest BCUT2D eigenvalue weighted by Gasteiger charge is -2.24. The third-order valence-corrected chi connectivity index (χ3v) is 6.12. The highest BCUT2D eigenvalue weighted by molar-refractivity contribution is 9.10. The summed E-state index contributed by atoms with van der Waals surface area (Å²) >= 11 is 13.3. The molecule has 27 heavy (non-hydrogen) atoms. The standard InChI is InChI=1S/C19H11BrCl2F2O2S/c20-11-3-1-10(2-4-11)13-7-8-15(21)17(18(13)22)19(27(25)26)14-6-5-12(23)9-16(14)24/h1-9,19H,(H,25,26)/p-1. The quantitative estimate of drug-likeness (QED) is 0.383. The van der Waals surface area contributed by atoms with Gasteiger partial charge in [-0.25, -0.2) is 8.78 Å². The highest BCUT2D eigenvalue weighted by atomic mass is 79.9. The van der Waals surface area contributed by atoms with Gasteiger partial charge in [0.2, 0.25) is 0 Å². The van der Waals surface area contributed by atoms with Gasteiger partial charge in [0.25, 0.3) is 0 Å². The summed E-state index contributed by atoms with van der Waals surface area (Å²) in [5, 5.41) is -1.33. The Morgan fingerprint density at radius 2 is 1.67 bits per heavy atom. The zero-order valence-electron chi connectivity index (χ0n) is 13.4. The van der Waals surface area contributed by atoms with Gasteiger partial charge in [0, 0.05) is 32.3 Å². The molecule has 0 amide bonds. The molecule has 0 aliphatic rings.